The zero-order chi connectivity index (χ0) is 20.7. The van der Waals surface area contributed by atoms with Gasteiger partial charge in [0.2, 0.25) is 6.29 Å². The van der Waals surface area contributed by atoms with Gasteiger partial charge in [-0.3, -0.25) is 19.2 Å². The molecule has 0 amide bonds. The van der Waals surface area contributed by atoms with Gasteiger partial charge in [-0.2, -0.15) is 0 Å². The molecular formula is C17H24O10. The van der Waals surface area contributed by atoms with E-state index in [2.05, 4.69) is 0 Å². The lowest BCUT2D eigenvalue weighted by Gasteiger charge is -2.44. The zero-order valence-electron chi connectivity index (χ0n) is 15.9. The summed E-state index contributed by atoms with van der Waals surface area (Å²) in [6.07, 6.45) is -4.80. The first-order valence-electron chi connectivity index (χ1n) is 8.31. The normalized spacial score (nSPS) is 27.2. The van der Waals surface area contributed by atoms with Crippen LogP contribution < -0.4 is 0 Å². The van der Waals surface area contributed by atoms with Gasteiger partial charge in [-0.1, -0.05) is 0 Å². The van der Waals surface area contributed by atoms with Crippen LogP contribution in [0.2, 0.25) is 0 Å². The lowest BCUT2D eigenvalue weighted by Crippen LogP contribution is -2.59. The van der Waals surface area contributed by atoms with Crippen molar-refractivity contribution in [3.8, 4) is 0 Å². The second kappa shape index (κ2) is 10.0. The van der Waals surface area contributed by atoms with Gasteiger partial charge in [-0.05, 0) is 6.92 Å². The Hall–Kier alpha value is -2.49. The monoisotopic (exact) mass is 388 g/mol. The number of ether oxygens (including phenoxy) is 5. The van der Waals surface area contributed by atoms with Gasteiger partial charge in [0.05, 0.1) is 5.92 Å². The van der Waals surface area contributed by atoms with Gasteiger partial charge in [0.1, 0.15) is 18.5 Å². The molecule has 1 aliphatic heterocycles. The van der Waals surface area contributed by atoms with E-state index >= 15 is 0 Å². The molecule has 1 saturated heterocycles. The minimum atomic E-state index is -1.26. The van der Waals surface area contributed by atoms with Crippen molar-refractivity contribution in [3.63, 3.8) is 0 Å². The van der Waals surface area contributed by atoms with Crippen LogP contribution in [0.1, 0.15) is 41.0 Å². The number of carbonyl (C=O) groups excluding carboxylic acids is 5. The fourth-order valence-corrected chi connectivity index (χ4v) is 2.80. The zero-order valence-corrected chi connectivity index (χ0v) is 15.9. The smallest absolute Gasteiger partial charge is 0.304 e. The second-order valence-electron chi connectivity index (χ2n) is 6.17. The molecule has 0 bridgehead atoms. The van der Waals surface area contributed by atoms with Crippen molar-refractivity contribution in [1.82, 2.24) is 0 Å². The van der Waals surface area contributed by atoms with Crippen molar-refractivity contribution in [2.45, 2.75) is 65.6 Å². The molecule has 0 unspecified atom stereocenters. The molecule has 1 rings (SSSR count). The third-order valence-electron chi connectivity index (χ3n) is 3.63. The minimum Gasteiger partial charge on any atom is -0.463 e. The molecule has 10 heteroatoms. The highest BCUT2D eigenvalue weighted by Gasteiger charge is 2.51. The van der Waals surface area contributed by atoms with Crippen molar-refractivity contribution >= 4 is 29.7 Å². The van der Waals surface area contributed by atoms with Crippen LogP contribution in [-0.2, 0) is 47.7 Å². The molecule has 5 atom stereocenters. The lowest BCUT2D eigenvalue weighted by atomic mass is 9.86. The van der Waals surface area contributed by atoms with E-state index in [9.17, 15) is 24.0 Å². The number of Topliss-reactive ketones (excluding diaryl/α,β-unsaturated/α-hetero) is 1. The summed E-state index contributed by atoms with van der Waals surface area (Å²) in [7, 11) is 0. The maximum atomic E-state index is 11.7. The van der Waals surface area contributed by atoms with E-state index in [0.29, 0.717) is 0 Å². The molecule has 1 aliphatic rings. The summed E-state index contributed by atoms with van der Waals surface area (Å²) in [5, 5.41) is 0. The number of hydrogen-bond donors (Lipinski definition) is 0. The molecule has 0 aromatic rings. The highest BCUT2D eigenvalue weighted by Crippen LogP contribution is 2.34. The Labute approximate surface area is 156 Å². The van der Waals surface area contributed by atoms with Crippen LogP contribution in [0.25, 0.3) is 0 Å². The van der Waals surface area contributed by atoms with Gasteiger partial charge in [0.15, 0.2) is 12.2 Å². The van der Waals surface area contributed by atoms with Crippen molar-refractivity contribution in [2.75, 3.05) is 6.61 Å². The predicted octanol–water partition coefficient (Wildman–Crippen LogP) is 0.296. The van der Waals surface area contributed by atoms with Crippen LogP contribution >= 0.6 is 0 Å². The van der Waals surface area contributed by atoms with Crippen LogP contribution in [0.15, 0.2) is 0 Å². The van der Waals surface area contributed by atoms with Crippen LogP contribution in [0.3, 0.4) is 0 Å². The Balaban J connectivity index is 3.29. The first-order chi connectivity index (χ1) is 12.5. The van der Waals surface area contributed by atoms with E-state index in [-0.39, 0.29) is 18.8 Å². The number of carbonyl (C=O) groups is 5. The van der Waals surface area contributed by atoms with Gasteiger partial charge >= 0.3 is 23.9 Å². The first-order valence-corrected chi connectivity index (χ1v) is 8.31. The molecule has 10 nitrogen and oxygen atoms in total. The molecule has 0 N–H and O–H groups in total. The summed E-state index contributed by atoms with van der Waals surface area (Å²) >= 11 is 0. The van der Waals surface area contributed by atoms with Gasteiger partial charge in [-0.25, -0.2) is 0 Å². The van der Waals surface area contributed by atoms with E-state index < -0.39 is 54.4 Å². The Bertz CT molecular complexity index is 599. The fraction of sp³-hybridized carbons (Fsp3) is 0.706. The average molecular weight is 388 g/mol. The number of ketones is 1. The Kier molecular flexibility index (Phi) is 8.35. The molecule has 1 fully saturated rings. The Morgan fingerprint density at radius 1 is 0.741 bits per heavy atom. The lowest BCUT2D eigenvalue weighted by molar-refractivity contribution is -0.283. The van der Waals surface area contributed by atoms with Crippen LogP contribution in [0.4, 0.5) is 0 Å². The summed E-state index contributed by atoms with van der Waals surface area (Å²) in [4.78, 5) is 57.4. The molecule has 0 saturated carbocycles. The number of esters is 4. The molecule has 0 spiro atoms. The van der Waals surface area contributed by atoms with Crippen molar-refractivity contribution in [3.05, 3.63) is 0 Å². The Morgan fingerprint density at radius 3 is 1.70 bits per heavy atom. The second-order valence-corrected chi connectivity index (χ2v) is 6.17. The highest BCUT2D eigenvalue weighted by atomic mass is 16.7. The number of hydrogen-bond acceptors (Lipinski definition) is 10. The Morgan fingerprint density at radius 2 is 1.26 bits per heavy atom. The van der Waals surface area contributed by atoms with Crippen molar-refractivity contribution in [1.29, 1.82) is 0 Å². The summed E-state index contributed by atoms with van der Waals surface area (Å²) in [6.45, 7) is 5.58. The highest BCUT2D eigenvalue weighted by molar-refractivity contribution is 5.76. The van der Waals surface area contributed by atoms with Crippen LogP contribution in [0.5, 0.6) is 0 Å². The van der Waals surface area contributed by atoms with E-state index in [0.717, 1.165) is 20.8 Å². The van der Waals surface area contributed by atoms with E-state index in [1.165, 1.54) is 13.8 Å². The summed E-state index contributed by atoms with van der Waals surface area (Å²) < 4.78 is 26.2. The third-order valence-corrected chi connectivity index (χ3v) is 3.63. The molecule has 152 valence electrons. The standard InChI is InChI=1S/C17H24O10/c1-8(18)6-13-15(24-10(3)20)16(25-11(4)21)14(7-23-9(2)19)27-17(13)26-12(5)22/h13-17H,6-7H2,1-5H3/t13-,14-,15-,16-,17-/m1/s1. The summed E-state index contributed by atoms with van der Waals surface area (Å²) in [5.74, 6) is -3.88. The maximum absolute atomic E-state index is 11.7. The van der Waals surface area contributed by atoms with E-state index in [1.54, 1.807) is 0 Å². The summed E-state index contributed by atoms with van der Waals surface area (Å²) in [5.41, 5.74) is 0. The van der Waals surface area contributed by atoms with Crippen molar-refractivity contribution < 1.29 is 47.7 Å². The first kappa shape index (κ1) is 22.6. The van der Waals surface area contributed by atoms with Gasteiger partial charge in [0, 0.05) is 34.1 Å². The van der Waals surface area contributed by atoms with Crippen molar-refractivity contribution in [2.24, 2.45) is 5.92 Å². The van der Waals surface area contributed by atoms with Gasteiger partial charge in [-0.15, -0.1) is 0 Å². The van der Waals surface area contributed by atoms with Gasteiger partial charge < -0.3 is 28.5 Å². The number of rotatable bonds is 7. The summed E-state index contributed by atoms with van der Waals surface area (Å²) in [6, 6.07) is 0. The molecule has 0 aromatic heterocycles. The molecule has 0 radical (unpaired) electrons. The largest absolute Gasteiger partial charge is 0.463 e. The maximum Gasteiger partial charge on any atom is 0.304 e. The minimum absolute atomic E-state index is 0.159. The molecule has 0 aliphatic carbocycles. The molecule has 1 heterocycles. The molecule has 0 aromatic carbocycles. The molecular weight excluding hydrogens is 364 g/mol. The average Bonchev–Trinajstić information content (AvgIpc) is 2.49. The SMILES string of the molecule is CC(=O)C[C@H]1[C@H](OC(C)=O)O[C@H](COC(C)=O)[C@@H](OC(C)=O)[C@@H]1OC(C)=O. The topological polar surface area (TPSA) is 132 Å². The molecule has 27 heavy (non-hydrogen) atoms. The predicted molar refractivity (Wildman–Crippen MR) is 87.0 cm³/mol. The van der Waals surface area contributed by atoms with Crippen LogP contribution in [0, 0.1) is 5.92 Å². The third kappa shape index (κ3) is 7.33. The van der Waals surface area contributed by atoms with Gasteiger partial charge in [0.25, 0.3) is 0 Å². The quantitative estimate of drug-likeness (QED) is 0.443. The van der Waals surface area contributed by atoms with Crippen LogP contribution in [-0.4, -0.2) is 60.9 Å². The van der Waals surface area contributed by atoms with E-state index in [1.807, 2.05) is 0 Å². The van der Waals surface area contributed by atoms with E-state index in [4.69, 9.17) is 23.7 Å². The fourth-order valence-electron chi connectivity index (χ4n) is 2.80.